The minimum absolute atomic E-state index is 0.0912. The molecule has 0 saturated carbocycles. The second kappa shape index (κ2) is 10.0. The molecule has 32 heavy (non-hydrogen) atoms. The Morgan fingerprint density at radius 1 is 1.09 bits per heavy atom. The van der Waals surface area contributed by atoms with Crippen molar-refractivity contribution < 1.29 is 14.3 Å². The van der Waals surface area contributed by atoms with E-state index in [4.69, 9.17) is 9.47 Å². The summed E-state index contributed by atoms with van der Waals surface area (Å²) in [5.74, 6) is 1.53. The number of ether oxygens (including phenoxy) is 2. The number of carbonyl (C=O) groups excluding carboxylic acids is 1. The molecule has 1 aliphatic heterocycles. The predicted molar refractivity (Wildman–Crippen MR) is 133 cm³/mol. The summed E-state index contributed by atoms with van der Waals surface area (Å²) in [5, 5.41) is 8.49. The van der Waals surface area contributed by atoms with Crippen LogP contribution in [0.5, 0.6) is 11.5 Å². The number of fused-ring (bicyclic) bond motifs is 1. The van der Waals surface area contributed by atoms with E-state index in [0.717, 1.165) is 51.9 Å². The Morgan fingerprint density at radius 3 is 2.66 bits per heavy atom. The van der Waals surface area contributed by atoms with Gasteiger partial charge in [-0.2, -0.15) is 0 Å². The van der Waals surface area contributed by atoms with E-state index >= 15 is 0 Å². The van der Waals surface area contributed by atoms with Crippen LogP contribution in [0.1, 0.15) is 30.9 Å². The molecule has 1 fully saturated rings. The van der Waals surface area contributed by atoms with Gasteiger partial charge in [0.05, 0.1) is 24.3 Å². The van der Waals surface area contributed by atoms with Crippen LogP contribution in [0.25, 0.3) is 16.8 Å². The molecule has 1 unspecified atom stereocenters. The highest BCUT2D eigenvalue weighted by atomic mass is 32.2. The van der Waals surface area contributed by atoms with Crippen LogP contribution < -0.4 is 20.1 Å². The van der Waals surface area contributed by atoms with Crippen molar-refractivity contribution in [3.8, 4) is 11.5 Å². The third kappa shape index (κ3) is 4.86. The van der Waals surface area contributed by atoms with E-state index in [1.54, 1.807) is 7.11 Å². The number of unbranched alkanes of at least 4 members (excludes halogenated alkanes) is 1. The van der Waals surface area contributed by atoms with E-state index < -0.39 is 0 Å². The first-order chi connectivity index (χ1) is 15.6. The van der Waals surface area contributed by atoms with E-state index in [1.807, 2.05) is 55.5 Å². The van der Waals surface area contributed by atoms with Crippen molar-refractivity contribution in [1.82, 2.24) is 5.32 Å². The monoisotopic (exact) mass is 448 g/mol. The molecule has 5 nitrogen and oxygen atoms in total. The number of nitrogens with one attached hydrogen (secondary N) is 2. The maximum absolute atomic E-state index is 12.7. The number of benzene rings is 3. The summed E-state index contributed by atoms with van der Waals surface area (Å²) in [4.78, 5) is 13.3. The first-order valence-electron chi connectivity index (χ1n) is 10.8. The third-order valence-corrected chi connectivity index (χ3v) is 6.36. The summed E-state index contributed by atoms with van der Waals surface area (Å²) in [6, 6.07) is 18.1. The molecule has 3 aromatic carbocycles. The summed E-state index contributed by atoms with van der Waals surface area (Å²) >= 11 is 1.47. The molecule has 1 heterocycles. The Morgan fingerprint density at radius 2 is 1.88 bits per heavy atom. The molecule has 2 N–H and O–H groups in total. The number of thioether (sulfide) groups is 1. The average molecular weight is 449 g/mol. The van der Waals surface area contributed by atoms with Gasteiger partial charge in [-0.1, -0.05) is 61.5 Å². The summed E-state index contributed by atoms with van der Waals surface area (Å²) in [5.41, 5.74) is 2.69. The molecule has 0 radical (unpaired) electrons. The number of hydrogen-bond acceptors (Lipinski definition) is 5. The fourth-order valence-electron chi connectivity index (χ4n) is 3.66. The van der Waals surface area contributed by atoms with Crippen LogP contribution in [0.2, 0.25) is 0 Å². The van der Waals surface area contributed by atoms with Crippen LogP contribution in [-0.2, 0) is 4.79 Å². The zero-order chi connectivity index (χ0) is 22.5. The van der Waals surface area contributed by atoms with E-state index in [9.17, 15) is 4.79 Å². The summed E-state index contributed by atoms with van der Waals surface area (Å²) in [6.45, 7) is 4.88. The summed E-state index contributed by atoms with van der Waals surface area (Å²) < 4.78 is 11.4. The maximum atomic E-state index is 12.7. The maximum Gasteiger partial charge on any atom is 0.260 e. The third-order valence-electron chi connectivity index (χ3n) is 5.33. The Kier molecular flexibility index (Phi) is 6.90. The van der Waals surface area contributed by atoms with E-state index in [1.165, 1.54) is 11.8 Å². The smallest absolute Gasteiger partial charge is 0.260 e. The molecule has 1 amide bonds. The molecule has 3 aromatic rings. The van der Waals surface area contributed by atoms with Crippen molar-refractivity contribution in [2.75, 3.05) is 19.0 Å². The number of anilines is 1. The highest BCUT2D eigenvalue weighted by Gasteiger charge is 2.28. The average Bonchev–Trinajstić information content (AvgIpc) is 3.14. The fraction of sp³-hybridized carbons (Fsp3) is 0.269. The lowest BCUT2D eigenvalue weighted by Gasteiger charge is -2.16. The zero-order valence-electron chi connectivity index (χ0n) is 18.6. The number of methoxy groups -OCH3 is 1. The van der Waals surface area contributed by atoms with E-state index in [2.05, 4.69) is 29.7 Å². The lowest BCUT2D eigenvalue weighted by molar-refractivity contribution is -0.116. The van der Waals surface area contributed by atoms with Crippen molar-refractivity contribution in [1.29, 1.82) is 0 Å². The van der Waals surface area contributed by atoms with Gasteiger partial charge in [0.1, 0.15) is 11.5 Å². The molecule has 1 atom stereocenters. The van der Waals surface area contributed by atoms with Crippen LogP contribution in [0.4, 0.5) is 5.69 Å². The highest BCUT2D eigenvalue weighted by Crippen LogP contribution is 2.36. The second-order valence-corrected chi connectivity index (χ2v) is 8.88. The minimum Gasteiger partial charge on any atom is -0.495 e. The van der Waals surface area contributed by atoms with Gasteiger partial charge in [0.2, 0.25) is 0 Å². The molecule has 1 aliphatic rings. The molecule has 4 rings (SSSR count). The standard InChI is InChI=1S/C26H28N2O3S/c1-4-5-14-31-22-13-11-18(19-8-6-7-9-20(19)22)16-24-25(29)28-26(32-24)27-21-15-17(2)10-12-23(21)30-3/h6-13,15-16,26-27H,4-5,14H2,1-3H3,(H,28,29)/b24-16-. The number of carbonyl (C=O) groups is 1. The van der Waals surface area contributed by atoms with Gasteiger partial charge in [0.25, 0.3) is 5.91 Å². The fourth-order valence-corrected chi connectivity index (χ4v) is 4.62. The molecule has 1 saturated heterocycles. The minimum atomic E-state index is -0.271. The molecule has 0 aromatic heterocycles. The molecular formula is C26H28N2O3S. The van der Waals surface area contributed by atoms with Crippen molar-refractivity contribution in [2.24, 2.45) is 0 Å². The van der Waals surface area contributed by atoms with Gasteiger partial charge in [-0.25, -0.2) is 0 Å². The van der Waals surface area contributed by atoms with Crippen LogP contribution in [0, 0.1) is 6.92 Å². The van der Waals surface area contributed by atoms with Gasteiger partial charge < -0.3 is 20.1 Å². The van der Waals surface area contributed by atoms with Gasteiger partial charge >= 0.3 is 0 Å². The quantitative estimate of drug-likeness (QED) is 0.330. The number of hydrogen-bond donors (Lipinski definition) is 2. The van der Waals surface area contributed by atoms with Crippen molar-refractivity contribution in [2.45, 2.75) is 32.2 Å². The second-order valence-electron chi connectivity index (χ2n) is 7.73. The Bertz CT molecular complexity index is 1160. The van der Waals surface area contributed by atoms with Crippen LogP contribution in [0.3, 0.4) is 0 Å². The first-order valence-corrected chi connectivity index (χ1v) is 11.7. The van der Waals surface area contributed by atoms with Crippen molar-refractivity contribution in [3.05, 3.63) is 70.6 Å². The lowest BCUT2D eigenvalue weighted by Crippen LogP contribution is -2.31. The largest absolute Gasteiger partial charge is 0.495 e. The Balaban J connectivity index is 1.57. The predicted octanol–water partition coefficient (Wildman–Crippen LogP) is 5.94. The SMILES string of the molecule is CCCCOc1ccc(/C=C2\SC(Nc3cc(C)ccc3OC)NC2=O)c2ccccc12. The topological polar surface area (TPSA) is 59.6 Å². The number of aryl methyl sites for hydroxylation is 1. The molecular weight excluding hydrogens is 420 g/mol. The van der Waals surface area contributed by atoms with Gasteiger partial charge in [-0.3, -0.25) is 4.79 Å². The number of amides is 1. The van der Waals surface area contributed by atoms with E-state index in [-0.39, 0.29) is 11.4 Å². The summed E-state index contributed by atoms with van der Waals surface area (Å²) in [6.07, 6.45) is 4.07. The molecule has 0 bridgehead atoms. The van der Waals surface area contributed by atoms with Gasteiger partial charge in [0.15, 0.2) is 5.50 Å². The number of rotatable bonds is 8. The highest BCUT2D eigenvalue weighted by molar-refractivity contribution is 8.05. The Labute approximate surface area is 193 Å². The van der Waals surface area contributed by atoms with Crippen LogP contribution >= 0.6 is 11.8 Å². The van der Waals surface area contributed by atoms with Gasteiger partial charge in [-0.15, -0.1) is 0 Å². The van der Waals surface area contributed by atoms with E-state index in [0.29, 0.717) is 11.5 Å². The Hall–Kier alpha value is -3.12. The van der Waals surface area contributed by atoms with Crippen molar-refractivity contribution >= 4 is 40.2 Å². The van der Waals surface area contributed by atoms with Crippen LogP contribution in [0.15, 0.2) is 59.5 Å². The summed E-state index contributed by atoms with van der Waals surface area (Å²) in [7, 11) is 1.64. The normalized spacial score (nSPS) is 16.9. The molecule has 6 heteroatoms. The molecule has 166 valence electrons. The van der Waals surface area contributed by atoms with Crippen molar-refractivity contribution in [3.63, 3.8) is 0 Å². The first kappa shape index (κ1) is 22.1. The molecule has 0 spiro atoms. The lowest BCUT2D eigenvalue weighted by atomic mass is 10.0. The van der Waals surface area contributed by atoms with Gasteiger partial charge in [-0.05, 0) is 54.1 Å². The zero-order valence-corrected chi connectivity index (χ0v) is 19.4. The van der Waals surface area contributed by atoms with Crippen LogP contribution in [-0.4, -0.2) is 25.1 Å². The molecule has 0 aliphatic carbocycles. The van der Waals surface area contributed by atoms with Gasteiger partial charge in [0, 0.05) is 5.39 Å².